The monoisotopic (exact) mass is 543 g/mol. The topological polar surface area (TPSA) is 90.6 Å². The van der Waals surface area contributed by atoms with Crippen LogP contribution in [-0.2, 0) is 10.2 Å². The van der Waals surface area contributed by atoms with E-state index in [4.69, 9.17) is 9.47 Å². The zero-order chi connectivity index (χ0) is 28.0. The highest BCUT2D eigenvalue weighted by molar-refractivity contribution is 7.99. The number of amides is 1. The number of carbonyl (C=O) groups is 1. The minimum absolute atomic E-state index is 0.0533. The fourth-order valence-electron chi connectivity index (χ4n) is 3.87. The van der Waals surface area contributed by atoms with Crippen LogP contribution >= 0.6 is 11.8 Å². The Morgan fingerprint density at radius 1 is 1.00 bits per heavy atom. The first-order valence-corrected chi connectivity index (χ1v) is 13.5. The molecule has 8 nitrogen and oxygen atoms in total. The predicted octanol–water partition coefficient (Wildman–Crippen LogP) is 5.80. The second kappa shape index (κ2) is 12.2. The third-order valence-corrected chi connectivity index (χ3v) is 7.03. The molecule has 0 aliphatic heterocycles. The molecule has 1 heterocycles. The van der Waals surface area contributed by atoms with Crippen LogP contribution in [0.15, 0.2) is 77.0 Å². The first-order valence-electron chi connectivity index (χ1n) is 12.5. The normalized spacial score (nSPS) is 11.5. The number of thioether (sulfide) groups is 1. The molecular formula is C30H33N5O3S. The Labute approximate surface area is 233 Å². The fourth-order valence-corrected chi connectivity index (χ4v) is 4.62. The maximum Gasteiger partial charge on any atom is 0.250 e. The molecule has 0 atom stereocenters. The average Bonchev–Trinajstić information content (AvgIpc) is 3.35. The van der Waals surface area contributed by atoms with E-state index in [0.717, 1.165) is 16.8 Å². The number of hydrogen-bond donors (Lipinski definition) is 1. The number of nitrogens with zero attached hydrogens (tertiary/aromatic N) is 4. The molecule has 9 heteroatoms. The van der Waals surface area contributed by atoms with Crippen LogP contribution < -0.4 is 14.9 Å². The van der Waals surface area contributed by atoms with Gasteiger partial charge in [0, 0.05) is 16.8 Å². The predicted molar refractivity (Wildman–Crippen MR) is 156 cm³/mol. The second-order valence-corrected chi connectivity index (χ2v) is 10.9. The first kappa shape index (κ1) is 27.9. The number of carbonyl (C=O) groups excluding carboxylic acids is 1. The summed E-state index contributed by atoms with van der Waals surface area (Å²) in [6.45, 7) is 8.61. The van der Waals surface area contributed by atoms with Gasteiger partial charge in [-0.25, -0.2) is 5.43 Å². The molecule has 1 aromatic heterocycles. The van der Waals surface area contributed by atoms with Gasteiger partial charge in [-0.2, -0.15) is 5.10 Å². The van der Waals surface area contributed by atoms with Crippen molar-refractivity contribution >= 4 is 23.9 Å². The lowest BCUT2D eigenvalue weighted by atomic mass is 9.87. The highest BCUT2D eigenvalue weighted by Gasteiger charge is 2.19. The van der Waals surface area contributed by atoms with E-state index in [2.05, 4.69) is 65.8 Å². The highest BCUT2D eigenvalue weighted by Crippen LogP contribution is 2.30. The molecule has 39 heavy (non-hydrogen) atoms. The number of benzene rings is 3. The zero-order valence-corrected chi connectivity index (χ0v) is 23.9. The molecule has 0 aliphatic rings. The van der Waals surface area contributed by atoms with E-state index in [9.17, 15) is 4.79 Å². The van der Waals surface area contributed by atoms with Crippen molar-refractivity contribution in [2.45, 2.75) is 38.3 Å². The van der Waals surface area contributed by atoms with E-state index < -0.39 is 0 Å². The summed E-state index contributed by atoms with van der Waals surface area (Å²) >= 11 is 1.30. The quantitative estimate of drug-likeness (QED) is 0.163. The number of nitrogens with one attached hydrogen (secondary N) is 1. The summed E-state index contributed by atoms with van der Waals surface area (Å²) in [6.07, 6.45) is 1.53. The summed E-state index contributed by atoms with van der Waals surface area (Å²) in [7, 11) is 3.16. The van der Waals surface area contributed by atoms with Crippen LogP contribution in [0.4, 0.5) is 0 Å². The van der Waals surface area contributed by atoms with Crippen molar-refractivity contribution in [2.75, 3.05) is 20.0 Å². The smallest absolute Gasteiger partial charge is 0.250 e. The molecule has 1 N–H and O–H groups in total. The van der Waals surface area contributed by atoms with Crippen molar-refractivity contribution < 1.29 is 14.3 Å². The van der Waals surface area contributed by atoms with E-state index in [1.165, 1.54) is 23.5 Å². The van der Waals surface area contributed by atoms with Gasteiger partial charge < -0.3 is 9.47 Å². The number of ether oxygens (including phenoxy) is 2. The van der Waals surface area contributed by atoms with Gasteiger partial charge in [0.25, 0.3) is 5.91 Å². The van der Waals surface area contributed by atoms with Crippen LogP contribution in [0.5, 0.6) is 11.5 Å². The number of hydrogen-bond acceptors (Lipinski definition) is 7. The molecule has 0 radical (unpaired) electrons. The maximum absolute atomic E-state index is 12.6. The van der Waals surface area contributed by atoms with Gasteiger partial charge in [0.05, 0.1) is 26.2 Å². The highest BCUT2D eigenvalue weighted by atomic mass is 32.2. The molecule has 0 fully saturated rings. The van der Waals surface area contributed by atoms with E-state index in [0.29, 0.717) is 28.0 Å². The minimum Gasteiger partial charge on any atom is -0.497 e. The standard InChI is InChI=1S/C30H33N5O3S/c1-20-7-13-24(14-8-20)35-28(21-9-11-23(12-10-21)30(2,3)4)33-34-29(35)39-19-27(36)32-31-18-22-17-25(37-5)15-16-26(22)38-6/h7-18H,19H2,1-6H3,(H,32,36)/b31-18+. The molecule has 202 valence electrons. The van der Waals surface area contributed by atoms with Crippen molar-refractivity contribution in [1.82, 2.24) is 20.2 Å². The van der Waals surface area contributed by atoms with Crippen LogP contribution in [0.2, 0.25) is 0 Å². The van der Waals surface area contributed by atoms with Crippen molar-refractivity contribution in [3.8, 4) is 28.6 Å². The molecule has 0 aliphatic carbocycles. The van der Waals surface area contributed by atoms with E-state index >= 15 is 0 Å². The largest absolute Gasteiger partial charge is 0.497 e. The Bertz CT molecular complexity index is 1460. The number of hydrazone groups is 1. The number of methoxy groups -OCH3 is 2. The van der Waals surface area contributed by atoms with Crippen molar-refractivity contribution in [1.29, 1.82) is 0 Å². The molecule has 0 bridgehead atoms. The molecule has 3 aromatic carbocycles. The third kappa shape index (κ3) is 6.86. The molecule has 0 saturated carbocycles. The molecule has 0 spiro atoms. The number of aryl methyl sites for hydroxylation is 1. The molecule has 4 aromatic rings. The van der Waals surface area contributed by atoms with E-state index in [1.54, 1.807) is 32.4 Å². The lowest BCUT2D eigenvalue weighted by Crippen LogP contribution is -2.20. The molecular weight excluding hydrogens is 510 g/mol. The van der Waals surface area contributed by atoms with E-state index in [-0.39, 0.29) is 17.1 Å². The first-order chi connectivity index (χ1) is 18.7. The summed E-state index contributed by atoms with van der Waals surface area (Å²) in [5.74, 6) is 1.84. The van der Waals surface area contributed by atoms with Crippen LogP contribution in [0.3, 0.4) is 0 Å². The Hall–Kier alpha value is -4.11. The summed E-state index contributed by atoms with van der Waals surface area (Å²) < 4.78 is 12.6. The summed E-state index contributed by atoms with van der Waals surface area (Å²) in [6, 6.07) is 21.9. The van der Waals surface area contributed by atoms with Gasteiger partial charge in [-0.3, -0.25) is 9.36 Å². The van der Waals surface area contributed by atoms with Crippen LogP contribution in [0.25, 0.3) is 17.1 Å². The van der Waals surface area contributed by atoms with Gasteiger partial charge in [-0.15, -0.1) is 10.2 Å². The van der Waals surface area contributed by atoms with Gasteiger partial charge in [-0.05, 0) is 48.2 Å². The van der Waals surface area contributed by atoms with Gasteiger partial charge in [0.1, 0.15) is 11.5 Å². The third-order valence-electron chi connectivity index (χ3n) is 6.10. The number of rotatable bonds is 9. The molecule has 0 unspecified atom stereocenters. The number of aromatic nitrogens is 3. The van der Waals surface area contributed by atoms with Gasteiger partial charge in [-0.1, -0.05) is 74.5 Å². The Kier molecular flexibility index (Phi) is 8.71. The molecule has 1 amide bonds. The van der Waals surface area contributed by atoms with Crippen molar-refractivity contribution in [2.24, 2.45) is 5.10 Å². The summed E-state index contributed by atoms with van der Waals surface area (Å²) in [5.41, 5.74) is 7.58. The van der Waals surface area contributed by atoms with Crippen molar-refractivity contribution in [3.05, 3.63) is 83.4 Å². The Morgan fingerprint density at radius 3 is 2.36 bits per heavy atom. The van der Waals surface area contributed by atoms with E-state index in [1.807, 2.05) is 35.8 Å². The second-order valence-electron chi connectivity index (χ2n) is 9.99. The van der Waals surface area contributed by atoms with Gasteiger partial charge in [0.15, 0.2) is 11.0 Å². The minimum atomic E-state index is -0.271. The van der Waals surface area contributed by atoms with Crippen LogP contribution in [-0.4, -0.2) is 46.9 Å². The average molecular weight is 544 g/mol. The maximum atomic E-state index is 12.6. The van der Waals surface area contributed by atoms with Gasteiger partial charge in [0.2, 0.25) is 0 Å². The zero-order valence-electron chi connectivity index (χ0n) is 23.1. The SMILES string of the molecule is COc1ccc(OC)c(/C=N/NC(=O)CSc2nnc(-c3ccc(C(C)(C)C)cc3)n2-c2ccc(C)cc2)c1. The fraction of sp³-hybridized carbons (Fsp3) is 0.267. The van der Waals surface area contributed by atoms with Crippen molar-refractivity contribution in [3.63, 3.8) is 0 Å². The Morgan fingerprint density at radius 2 is 1.72 bits per heavy atom. The summed E-state index contributed by atoms with van der Waals surface area (Å²) in [4.78, 5) is 12.6. The lowest BCUT2D eigenvalue weighted by Gasteiger charge is -2.19. The molecule has 0 saturated heterocycles. The molecule has 4 rings (SSSR count). The van der Waals surface area contributed by atoms with Gasteiger partial charge >= 0.3 is 0 Å². The summed E-state index contributed by atoms with van der Waals surface area (Å²) in [5, 5.41) is 13.6. The Balaban J connectivity index is 1.53. The van der Waals surface area contributed by atoms with Crippen LogP contribution in [0, 0.1) is 6.92 Å². The van der Waals surface area contributed by atoms with Crippen LogP contribution in [0.1, 0.15) is 37.5 Å². The lowest BCUT2D eigenvalue weighted by molar-refractivity contribution is -0.118.